The quantitative estimate of drug-likeness (QED) is 0.598. The summed E-state index contributed by atoms with van der Waals surface area (Å²) in [7, 11) is 0. The van der Waals surface area contributed by atoms with Crippen LogP contribution in [0.1, 0.15) is 34.1 Å². The minimum atomic E-state index is -0.412. The zero-order chi connectivity index (χ0) is 11.9. The third-order valence-corrected chi connectivity index (χ3v) is 3.83. The first-order valence-corrected chi connectivity index (χ1v) is 6.59. The van der Waals surface area contributed by atoms with E-state index < -0.39 is 5.54 Å². The van der Waals surface area contributed by atoms with Gasteiger partial charge < -0.3 is 10.5 Å². The predicted molar refractivity (Wildman–Crippen MR) is 67.2 cm³/mol. The van der Waals surface area contributed by atoms with Crippen LogP contribution in [-0.2, 0) is 4.79 Å². The van der Waals surface area contributed by atoms with Crippen molar-refractivity contribution in [3.8, 4) is 0 Å². The fourth-order valence-corrected chi connectivity index (χ4v) is 2.44. The molecule has 88 valence electrons. The van der Waals surface area contributed by atoms with Crippen LogP contribution in [-0.4, -0.2) is 37.7 Å². The smallest absolute Gasteiger partial charge is 0.230 e. The van der Waals surface area contributed by atoms with E-state index in [1.807, 2.05) is 50.3 Å². The van der Waals surface area contributed by atoms with Crippen LogP contribution in [0.4, 0.5) is 0 Å². The number of amides is 1. The highest BCUT2D eigenvalue weighted by atomic mass is 127. The summed E-state index contributed by atoms with van der Waals surface area (Å²) in [5.41, 5.74) is -0.697. The van der Waals surface area contributed by atoms with Gasteiger partial charge in [-0.3, -0.25) is 4.79 Å². The Balaban J connectivity index is 2.80. The molecule has 0 aromatic heterocycles. The number of hydrogen-bond donors (Lipinski definition) is 2. The molecule has 1 saturated heterocycles. The fourth-order valence-electron chi connectivity index (χ4n) is 2.22. The molecule has 1 atom stereocenters. The second-order valence-corrected chi connectivity index (χ2v) is 6.00. The molecule has 0 spiro atoms. The Bertz CT molecular complexity index is 266. The van der Waals surface area contributed by atoms with Crippen LogP contribution in [0.15, 0.2) is 0 Å². The molecular formula is C10H19IN2O2. The van der Waals surface area contributed by atoms with E-state index >= 15 is 0 Å². The zero-order valence-corrected chi connectivity index (χ0v) is 11.8. The van der Waals surface area contributed by atoms with Crippen molar-refractivity contribution in [3.63, 3.8) is 0 Å². The third kappa shape index (κ3) is 2.45. The van der Waals surface area contributed by atoms with E-state index in [2.05, 4.69) is 5.32 Å². The van der Waals surface area contributed by atoms with Gasteiger partial charge in [0.25, 0.3) is 0 Å². The number of carbonyl (C=O) groups is 1. The highest BCUT2D eigenvalue weighted by Gasteiger charge is 2.51. The molecule has 0 bridgehead atoms. The minimum Gasteiger partial charge on any atom is -0.351 e. The van der Waals surface area contributed by atoms with Crippen LogP contribution in [0.25, 0.3) is 0 Å². The average Bonchev–Trinajstić information content (AvgIpc) is 2.27. The van der Waals surface area contributed by atoms with Crippen molar-refractivity contribution < 1.29 is 10.0 Å². The van der Waals surface area contributed by atoms with E-state index in [9.17, 15) is 10.0 Å². The molecule has 15 heavy (non-hydrogen) atoms. The molecule has 1 rings (SSSR count). The Morgan fingerprint density at radius 1 is 1.53 bits per heavy atom. The van der Waals surface area contributed by atoms with Gasteiger partial charge in [0.15, 0.2) is 0 Å². The second-order valence-electron chi connectivity index (χ2n) is 5.24. The number of carbonyl (C=O) groups excluding carboxylic acids is 1. The van der Waals surface area contributed by atoms with Gasteiger partial charge in [0.2, 0.25) is 5.91 Å². The van der Waals surface area contributed by atoms with E-state index in [-0.39, 0.29) is 17.5 Å². The lowest BCUT2D eigenvalue weighted by Crippen LogP contribution is -2.53. The molecule has 1 heterocycles. The molecule has 1 aliphatic rings. The molecule has 0 aromatic rings. The summed E-state index contributed by atoms with van der Waals surface area (Å²) in [6.45, 7) is 7.84. The van der Waals surface area contributed by atoms with Gasteiger partial charge in [0, 0.05) is 5.54 Å². The van der Waals surface area contributed by atoms with Crippen LogP contribution < -0.4 is 5.32 Å². The van der Waals surface area contributed by atoms with E-state index in [0.717, 1.165) is 6.42 Å². The van der Waals surface area contributed by atoms with Gasteiger partial charge in [-0.25, -0.2) is 0 Å². The van der Waals surface area contributed by atoms with Crippen LogP contribution in [0.5, 0.6) is 0 Å². The standard InChI is InChI=1S/C10H19IN2O2/c1-9(2)5-7(12-8(14)6-11)10(3,4)13(9)15/h7,15H,5-6H2,1-4H3,(H,12,14)/t7-/m0/s1. The van der Waals surface area contributed by atoms with Gasteiger partial charge in [0.05, 0.1) is 16.0 Å². The lowest BCUT2D eigenvalue weighted by molar-refractivity contribution is -0.194. The minimum absolute atomic E-state index is 0.000217. The number of halogens is 1. The van der Waals surface area contributed by atoms with Gasteiger partial charge in [-0.2, -0.15) is 5.06 Å². The van der Waals surface area contributed by atoms with Crippen LogP contribution >= 0.6 is 22.6 Å². The lowest BCUT2D eigenvalue weighted by Gasteiger charge is -2.35. The molecule has 1 aliphatic heterocycles. The molecule has 2 N–H and O–H groups in total. The molecule has 5 heteroatoms. The van der Waals surface area contributed by atoms with E-state index in [1.54, 1.807) is 0 Å². The molecule has 1 amide bonds. The summed E-state index contributed by atoms with van der Waals surface area (Å²) in [5.74, 6) is 0.0276. The first-order valence-electron chi connectivity index (χ1n) is 5.06. The molecule has 0 aliphatic carbocycles. The van der Waals surface area contributed by atoms with Gasteiger partial charge in [-0.1, -0.05) is 22.6 Å². The molecule has 0 unspecified atom stereocenters. The number of rotatable bonds is 2. The topological polar surface area (TPSA) is 52.6 Å². The van der Waals surface area contributed by atoms with Gasteiger partial charge >= 0.3 is 0 Å². The molecule has 0 aromatic carbocycles. The van der Waals surface area contributed by atoms with Gasteiger partial charge in [-0.15, -0.1) is 0 Å². The second kappa shape index (κ2) is 4.18. The van der Waals surface area contributed by atoms with Crippen molar-refractivity contribution >= 4 is 28.5 Å². The number of alkyl halides is 1. The molecular weight excluding hydrogens is 307 g/mol. The Morgan fingerprint density at radius 3 is 2.40 bits per heavy atom. The lowest BCUT2D eigenvalue weighted by atomic mass is 9.94. The average molecular weight is 326 g/mol. The Morgan fingerprint density at radius 2 is 2.07 bits per heavy atom. The van der Waals surface area contributed by atoms with Crippen molar-refractivity contribution in [2.75, 3.05) is 4.43 Å². The van der Waals surface area contributed by atoms with E-state index in [1.165, 1.54) is 5.06 Å². The molecule has 1 fully saturated rings. The Kier molecular flexibility index (Phi) is 3.67. The maximum atomic E-state index is 11.4. The maximum Gasteiger partial charge on any atom is 0.230 e. The van der Waals surface area contributed by atoms with E-state index in [0.29, 0.717) is 4.43 Å². The largest absolute Gasteiger partial charge is 0.351 e. The summed E-state index contributed by atoms with van der Waals surface area (Å²) in [6.07, 6.45) is 0.763. The summed E-state index contributed by atoms with van der Waals surface area (Å²) >= 11 is 2.04. The molecule has 0 radical (unpaired) electrons. The van der Waals surface area contributed by atoms with Crippen molar-refractivity contribution in [3.05, 3.63) is 0 Å². The van der Waals surface area contributed by atoms with Crippen molar-refractivity contribution in [2.24, 2.45) is 0 Å². The normalized spacial score (nSPS) is 29.1. The summed E-state index contributed by atoms with van der Waals surface area (Å²) in [5, 5.41) is 14.3. The van der Waals surface area contributed by atoms with Crippen molar-refractivity contribution in [1.29, 1.82) is 0 Å². The first-order chi connectivity index (χ1) is 6.71. The van der Waals surface area contributed by atoms with E-state index in [4.69, 9.17) is 0 Å². The van der Waals surface area contributed by atoms with Crippen molar-refractivity contribution in [1.82, 2.24) is 10.4 Å². The predicted octanol–water partition coefficient (Wildman–Crippen LogP) is 1.56. The third-order valence-electron chi connectivity index (χ3n) is 3.13. The summed E-state index contributed by atoms with van der Waals surface area (Å²) in [4.78, 5) is 11.4. The Labute approximate surface area is 104 Å². The highest BCUT2D eigenvalue weighted by Crippen LogP contribution is 2.38. The Hall–Kier alpha value is 0.120. The zero-order valence-electron chi connectivity index (χ0n) is 9.67. The highest BCUT2D eigenvalue weighted by molar-refractivity contribution is 14.1. The molecule has 0 saturated carbocycles. The van der Waals surface area contributed by atoms with Crippen LogP contribution in [0.3, 0.4) is 0 Å². The maximum absolute atomic E-state index is 11.4. The number of nitrogens with zero attached hydrogens (tertiary/aromatic N) is 1. The van der Waals surface area contributed by atoms with Crippen molar-refractivity contribution in [2.45, 2.75) is 51.2 Å². The SMILES string of the molecule is CC1(C)C[C@H](NC(=O)CI)C(C)(C)N1O. The molecule has 4 nitrogen and oxygen atoms in total. The first kappa shape index (κ1) is 13.2. The summed E-state index contributed by atoms with van der Waals surface area (Å²) in [6, 6.07) is -0.000217. The van der Waals surface area contributed by atoms with Crippen LogP contribution in [0.2, 0.25) is 0 Å². The number of nitrogens with one attached hydrogen (secondary N) is 1. The van der Waals surface area contributed by atoms with Gasteiger partial charge in [0.1, 0.15) is 0 Å². The van der Waals surface area contributed by atoms with Gasteiger partial charge in [-0.05, 0) is 34.1 Å². The number of hydrogen-bond acceptors (Lipinski definition) is 3. The number of hydroxylamine groups is 2. The monoisotopic (exact) mass is 326 g/mol. The fraction of sp³-hybridized carbons (Fsp3) is 0.900. The van der Waals surface area contributed by atoms with Crippen LogP contribution in [0, 0.1) is 0 Å². The summed E-state index contributed by atoms with van der Waals surface area (Å²) < 4.78 is 0.455.